The van der Waals surface area contributed by atoms with Crippen molar-refractivity contribution >= 4 is 5.97 Å². The Morgan fingerprint density at radius 2 is 2.05 bits per heavy atom. The first-order valence-electron chi connectivity index (χ1n) is 8.17. The normalized spacial score (nSPS) is 36.8. The van der Waals surface area contributed by atoms with Gasteiger partial charge in [0.15, 0.2) is 0 Å². The SMILES string of the molecule is CC1CCC(C(C)C)C(C(=O)O)(N2CCCNCC2)C1. The maximum Gasteiger partial charge on any atom is 0.324 e. The molecule has 1 aliphatic carbocycles. The van der Waals surface area contributed by atoms with Crippen molar-refractivity contribution in [3.8, 4) is 0 Å². The molecule has 4 heteroatoms. The van der Waals surface area contributed by atoms with E-state index >= 15 is 0 Å². The molecule has 0 radical (unpaired) electrons. The summed E-state index contributed by atoms with van der Waals surface area (Å²) in [5.41, 5.74) is -0.641. The number of carboxylic acid groups (broad SMARTS) is 1. The van der Waals surface area contributed by atoms with Crippen LogP contribution in [0.4, 0.5) is 0 Å². The summed E-state index contributed by atoms with van der Waals surface area (Å²) >= 11 is 0. The molecule has 0 aromatic heterocycles. The van der Waals surface area contributed by atoms with Crippen LogP contribution in [0.1, 0.15) is 46.5 Å². The third-order valence-electron chi connectivity index (χ3n) is 5.32. The highest BCUT2D eigenvalue weighted by molar-refractivity contribution is 5.79. The summed E-state index contributed by atoms with van der Waals surface area (Å²) in [7, 11) is 0. The van der Waals surface area contributed by atoms with E-state index in [0.717, 1.165) is 45.4 Å². The zero-order valence-electron chi connectivity index (χ0n) is 13.2. The molecule has 116 valence electrons. The molecule has 3 atom stereocenters. The average Bonchev–Trinajstić information content (AvgIpc) is 2.66. The summed E-state index contributed by atoms with van der Waals surface area (Å²) in [4.78, 5) is 14.6. The molecule has 4 nitrogen and oxygen atoms in total. The molecule has 3 unspecified atom stereocenters. The molecule has 0 bridgehead atoms. The topological polar surface area (TPSA) is 52.6 Å². The molecule has 1 aliphatic heterocycles. The zero-order valence-corrected chi connectivity index (χ0v) is 13.2. The number of rotatable bonds is 3. The summed E-state index contributed by atoms with van der Waals surface area (Å²) in [6.07, 6.45) is 4.08. The first-order chi connectivity index (χ1) is 9.48. The van der Waals surface area contributed by atoms with E-state index in [1.54, 1.807) is 0 Å². The summed E-state index contributed by atoms with van der Waals surface area (Å²) in [5, 5.41) is 13.5. The van der Waals surface area contributed by atoms with Crippen LogP contribution in [0.2, 0.25) is 0 Å². The Balaban J connectivity index is 2.34. The van der Waals surface area contributed by atoms with Crippen LogP contribution in [0.5, 0.6) is 0 Å². The van der Waals surface area contributed by atoms with Gasteiger partial charge in [0.25, 0.3) is 0 Å². The molecule has 0 aromatic carbocycles. The second-order valence-corrected chi connectivity index (χ2v) is 7.06. The van der Waals surface area contributed by atoms with E-state index in [4.69, 9.17) is 0 Å². The summed E-state index contributed by atoms with van der Waals surface area (Å²) in [6, 6.07) is 0. The standard InChI is InChI=1S/C16H30N2O2/c1-12(2)14-6-5-13(3)11-16(14,15(19)20)18-9-4-7-17-8-10-18/h12-14,17H,4-11H2,1-3H3,(H,19,20). The first-order valence-corrected chi connectivity index (χ1v) is 8.17. The molecular weight excluding hydrogens is 252 g/mol. The van der Waals surface area contributed by atoms with E-state index in [1.807, 2.05) is 0 Å². The Bertz CT molecular complexity index is 337. The van der Waals surface area contributed by atoms with E-state index in [2.05, 4.69) is 31.0 Å². The smallest absolute Gasteiger partial charge is 0.324 e. The minimum absolute atomic E-state index is 0.272. The van der Waals surface area contributed by atoms with Gasteiger partial charge in [0.05, 0.1) is 0 Å². The van der Waals surface area contributed by atoms with Crippen LogP contribution in [-0.2, 0) is 4.79 Å². The fourth-order valence-corrected chi connectivity index (χ4v) is 4.36. The molecule has 1 saturated carbocycles. The van der Waals surface area contributed by atoms with Crippen LogP contribution in [0, 0.1) is 17.8 Å². The largest absolute Gasteiger partial charge is 0.480 e. The van der Waals surface area contributed by atoms with Crippen molar-refractivity contribution in [2.45, 2.75) is 52.0 Å². The number of carboxylic acids is 1. The molecular formula is C16H30N2O2. The van der Waals surface area contributed by atoms with Crippen molar-refractivity contribution in [3.63, 3.8) is 0 Å². The van der Waals surface area contributed by atoms with Gasteiger partial charge in [0.2, 0.25) is 0 Å². The molecule has 2 aliphatic rings. The van der Waals surface area contributed by atoms with Gasteiger partial charge in [-0.1, -0.05) is 27.2 Å². The van der Waals surface area contributed by atoms with Gasteiger partial charge in [-0.2, -0.15) is 0 Å². The van der Waals surface area contributed by atoms with Crippen molar-refractivity contribution in [2.24, 2.45) is 17.8 Å². The van der Waals surface area contributed by atoms with Crippen LogP contribution in [0.25, 0.3) is 0 Å². The van der Waals surface area contributed by atoms with E-state index < -0.39 is 11.5 Å². The molecule has 0 amide bonds. The highest BCUT2D eigenvalue weighted by Gasteiger charge is 2.53. The average molecular weight is 282 g/mol. The Kier molecular flexibility index (Phi) is 5.08. The number of nitrogens with one attached hydrogen (secondary N) is 1. The fraction of sp³-hybridized carbons (Fsp3) is 0.938. The number of carbonyl (C=O) groups is 1. The molecule has 2 N–H and O–H groups in total. The maximum atomic E-state index is 12.3. The van der Waals surface area contributed by atoms with Gasteiger partial charge in [-0.3, -0.25) is 9.69 Å². The lowest BCUT2D eigenvalue weighted by Gasteiger charge is -2.51. The van der Waals surface area contributed by atoms with Gasteiger partial charge in [-0.15, -0.1) is 0 Å². The Morgan fingerprint density at radius 1 is 1.30 bits per heavy atom. The lowest BCUT2D eigenvalue weighted by atomic mass is 9.64. The lowest BCUT2D eigenvalue weighted by Crippen LogP contribution is -2.63. The fourth-order valence-electron chi connectivity index (χ4n) is 4.36. The predicted octanol–water partition coefficient (Wildman–Crippen LogP) is 2.20. The number of hydrogen-bond acceptors (Lipinski definition) is 3. The van der Waals surface area contributed by atoms with E-state index in [-0.39, 0.29) is 5.92 Å². The van der Waals surface area contributed by atoms with Gasteiger partial charge in [-0.25, -0.2) is 0 Å². The van der Waals surface area contributed by atoms with Crippen molar-refractivity contribution in [2.75, 3.05) is 26.2 Å². The van der Waals surface area contributed by atoms with E-state index in [9.17, 15) is 9.90 Å². The number of nitrogens with zero attached hydrogens (tertiary/aromatic N) is 1. The second kappa shape index (κ2) is 6.44. The van der Waals surface area contributed by atoms with E-state index in [1.165, 1.54) is 6.42 Å². The summed E-state index contributed by atoms with van der Waals surface area (Å²) < 4.78 is 0. The van der Waals surface area contributed by atoms with Gasteiger partial charge in [0, 0.05) is 19.6 Å². The Hall–Kier alpha value is -0.610. The van der Waals surface area contributed by atoms with Crippen molar-refractivity contribution in [1.29, 1.82) is 0 Å². The monoisotopic (exact) mass is 282 g/mol. The number of aliphatic carboxylic acids is 1. The molecule has 0 spiro atoms. The molecule has 2 rings (SSSR count). The third kappa shape index (κ3) is 2.86. The van der Waals surface area contributed by atoms with Crippen LogP contribution in [-0.4, -0.2) is 47.7 Å². The van der Waals surface area contributed by atoms with E-state index in [0.29, 0.717) is 11.8 Å². The highest BCUT2D eigenvalue weighted by atomic mass is 16.4. The van der Waals surface area contributed by atoms with Crippen molar-refractivity contribution in [1.82, 2.24) is 10.2 Å². The van der Waals surface area contributed by atoms with Crippen molar-refractivity contribution in [3.05, 3.63) is 0 Å². The van der Waals surface area contributed by atoms with Gasteiger partial charge in [0.1, 0.15) is 5.54 Å². The maximum absolute atomic E-state index is 12.3. The third-order valence-corrected chi connectivity index (χ3v) is 5.32. The zero-order chi connectivity index (χ0) is 14.8. The van der Waals surface area contributed by atoms with Crippen LogP contribution in [0.15, 0.2) is 0 Å². The van der Waals surface area contributed by atoms with Crippen LogP contribution >= 0.6 is 0 Å². The van der Waals surface area contributed by atoms with Gasteiger partial charge < -0.3 is 10.4 Å². The summed E-state index contributed by atoms with van der Waals surface area (Å²) in [6.45, 7) is 10.3. The lowest BCUT2D eigenvalue weighted by molar-refractivity contribution is -0.163. The minimum Gasteiger partial charge on any atom is -0.480 e. The molecule has 2 fully saturated rings. The molecule has 1 saturated heterocycles. The van der Waals surface area contributed by atoms with Gasteiger partial charge in [-0.05, 0) is 43.6 Å². The Morgan fingerprint density at radius 3 is 2.70 bits per heavy atom. The summed E-state index contributed by atoms with van der Waals surface area (Å²) in [5.74, 6) is 0.617. The predicted molar refractivity (Wildman–Crippen MR) is 80.8 cm³/mol. The first kappa shape index (κ1) is 15.8. The quantitative estimate of drug-likeness (QED) is 0.833. The minimum atomic E-state index is -0.641. The molecule has 0 aromatic rings. The molecule has 20 heavy (non-hydrogen) atoms. The molecule has 1 heterocycles. The highest BCUT2D eigenvalue weighted by Crippen LogP contribution is 2.45. The van der Waals surface area contributed by atoms with Crippen LogP contribution < -0.4 is 5.32 Å². The number of hydrogen-bond donors (Lipinski definition) is 2. The van der Waals surface area contributed by atoms with Crippen LogP contribution in [0.3, 0.4) is 0 Å². The van der Waals surface area contributed by atoms with Gasteiger partial charge >= 0.3 is 5.97 Å². The van der Waals surface area contributed by atoms with Crippen molar-refractivity contribution < 1.29 is 9.90 Å². The Labute approximate surface area is 122 Å². The second-order valence-electron chi connectivity index (χ2n) is 7.06.